The quantitative estimate of drug-likeness (QED) is 0.557. The highest BCUT2D eigenvalue weighted by Crippen LogP contribution is 2.35. The highest BCUT2D eigenvalue weighted by Gasteiger charge is 2.24. The van der Waals surface area contributed by atoms with Gasteiger partial charge >= 0.3 is 0 Å². The molecule has 0 fully saturated rings. The summed E-state index contributed by atoms with van der Waals surface area (Å²) < 4.78 is 0. The van der Waals surface area contributed by atoms with Gasteiger partial charge in [0.2, 0.25) is 0 Å². The molecule has 1 aliphatic rings. The predicted octanol–water partition coefficient (Wildman–Crippen LogP) is 3.24. The second-order valence-electron chi connectivity index (χ2n) is 4.45. The van der Waals surface area contributed by atoms with Crippen LogP contribution in [0.15, 0.2) is 36.4 Å². The van der Waals surface area contributed by atoms with Gasteiger partial charge in [-0.2, -0.15) is 0 Å². The van der Waals surface area contributed by atoms with Crippen molar-refractivity contribution in [1.82, 2.24) is 0 Å². The van der Waals surface area contributed by atoms with E-state index in [4.69, 9.17) is 11.6 Å². The number of fused-ring (bicyclic) bond motifs is 1. The van der Waals surface area contributed by atoms with Crippen LogP contribution < -0.4 is 5.32 Å². The van der Waals surface area contributed by atoms with E-state index in [1.165, 1.54) is 12.1 Å². The standard InChI is InChI=1S/C15H10ClNO3/c16-9-2-3-12-10(7-9)11(15(20)17-12)5-8-1-4-13(18)14(19)6-8/h1-7,18-19H,(H,17,20)/b11-5+. The average molecular weight is 288 g/mol. The molecule has 2 aromatic rings. The molecule has 0 aliphatic carbocycles. The molecule has 1 aliphatic heterocycles. The molecule has 3 N–H and O–H groups in total. The van der Waals surface area contributed by atoms with Gasteiger partial charge in [0, 0.05) is 21.8 Å². The van der Waals surface area contributed by atoms with Gasteiger partial charge in [0.1, 0.15) is 0 Å². The first-order valence-corrected chi connectivity index (χ1v) is 6.27. The second kappa shape index (κ2) is 4.58. The van der Waals surface area contributed by atoms with Crippen LogP contribution in [0.5, 0.6) is 11.5 Å². The summed E-state index contributed by atoms with van der Waals surface area (Å²) in [5.74, 6) is -0.662. The van der Waals surface area contributed by atoms with Crippen molar-refractivity contribution >= 4 is 34.8 Å². The average Bonchev–Trinajstić information content (AvgIpc) is 2.70. The van der Waals surface area contributed by atoms with Crippen molar-refractivity contribution in [3.8, 4) is 11.5 Å². The van der Waals surface area contributed by atoms with E-state index in [9.17, 15) is 15.0 Å². The summed E-state index contributed by atoms with van der Waals surface area (Å²) in [5, 5.41) is 22.0. The van der Waals surface area contributed by atoms with Gasteiger partial charge in [-0.1, -0.05) is 17.7 Å². The summed E-state index contributed by atoms with van der Waals surface area (Å²) in [6, 6.07) is 9.52. The smallest absolute Gasteiger partial charge is 0.256 e. The normalized spacial score (nSPS) is 15.2. The number of phenolic OH excluding ortho intramolecular Hbond substituents is 2. The Kier molecular flexibility index (Phi) is 2.88. The lowest BCUT2D eigenvalue weighted by atomic mass is 10.0. The maximum Gasteiger partial charge on any atom is 0.256 e. The van der Waals surface area contributed by atoms with Crippen LogP contribution in [0.2, 0.25) is 5.02 Å². The Bertz CT molecular complexity index is 753. The summed E-state index contributed by atoms with van der Waals surface area (Å²) in [7, 11) is 0. The number of hydrogen-bond donors (Lipinski definition) is 3. The lowest BCUT2D eigenvalue weighted by molar-refractivity contribution is -0.110. The number of benzene rings is 2. The van der Waals surface area contributed by atoms with E-state index < -0.39 is 0 Å². The number of rotatable bonds is 1. The van der Waals surface area contributed by atoms with Crippen LogP contribution >= 0.6 is 11.6 Å². The number of phenols is 2. The number of nitrogens with one attached hydrogen (secondary N) is 1. The fourth-order valence-corrected chi connectivity index (χ4v) is 2.27. The van der Waals surface area contributed by atoms with E-state index >= 15 is 0 Å². The van der Waals surface area contributed by atoms with Gasteiger partial charge in [-0.15, -0.1) is 0 Å². The van der Waals surface area contributed by atoms with Crippen LogP contribution in [0, 0.1) is 0 Å². The van der Waals surface area contributed by atoms with Gasteiger partial charge in [-0.05, 0) is 42.0 Å². The number of carbonyl (C=O) groups is 1. The summed E-state index contributed by atoms with van der Waals surface area (Å²) in [4.78, 5) is 12.0. The molecule has 0 unspecified atom stereocenters. The molecule has 0 bridgehead atoms. The van der Waals surface area contributed by atoms with Gasteiger partial charge in [-0.25, -0.2) is 0 Å². The fourth-order valence-electron chi connectivity index (χ4n) is 2.10. The number of anilines is 1. The fraction of sp³-hybridized carbons (Fsp3) is 0. The van der Waals surface area contributed by atoms with Crippen LogP contribution in [0.1, 0.15) is 11.1 Å². The number of aromatic hydroxyl groups is 2. The van der Waals surface area contributed by atoms with E-state index in [0.29, 0.717) is 21.8 Å². The van der Waals surface area contributed by atoms with Crippen LogP contribution in [0.3, 0.4) is 0 Å². The third kappa shape index (κ3) is 2.10. The van der Waals surface area contributed by atoms with Gasteiger partial charge in [0.05, 0.1) is 0 Å². The van der Waals surface area contributed by atoms with Gasteiger partial charge < -0.3 is 15.5 Å². The van der Waals surface area contributed by atoms with Gasteiger partial charge in [-0.3, -0.25) is 4.79 Å². The number of carbonyl (C=O) groups excluding carboxylic acids is 1. The van der Waals surface area contributed by atoms with Crippen molar-refractivity contribution in [3.63, 3.8) is 0 Å². The predicted molar refractivity (Wildman–Crippen MR) is 77.7 cm³/mol. The largest absolute Gasteiger partial charge is 0.504 e. The van der Waals surface area contributed by atoms with Crippen molar-refractivity contribution in [2.24, 2.45) is 0 Å². The molecule has 4 nitrogen and oxygen atoms in total. The van der Waals surface area contributed by atoms with Gasteiger partial charge in [0.15, 0.2) is 11.5 Å². The molecule has 0 radical (unpaired) electrons. The number of amides is 1. The number of halogens is 1. The number of hydrogen-bond acceptors (Lipinski definition) is 3. The third-order valence-electron chi connectivity index (χ3n) is 3.08. The molecule has 3 rings (SSSR count). The Morgan fingerprint density at radius 3 is 2.60 bits per heavy atom. The zero-order valence-electron chi connectivity index (χ0n) is 10.2. The Hall–Kier alpha value is -2.46. The highest BCUT2D eigenvalue weighted by atomic mass is 35.5. The Balaban J connectivity index is 2.10. The van der Waals surface area contributed by atoms with Crippen molar-refractivity contribution < 1.29 is 15.0 Å². The molecule has 1 heterocycles. The van der Waals surface area contributed by atoms with Crippen molar-refractivity contribution in [2.45, 2.75) is 0 Å². The first-order chi connectivity index (χ1) is 9.54. The first-order valence-electron chi connectivity index (χ1n) is 5.89. The topological polar surface area (TPSA) is 69.6 Å². The molecule has 2 aromatic carbocycles. The maximum absolute atomic E-state index is 12.0. The highest BCUT2D eigenvalue weighted by molar-refractivity contribution is 6.36. The van der Waals surface area contributed by atoms with E-state index in [1.807, 2.05) is 0 Å². The van der Waals surface area contributed by atoms with Gasteiger partial charge in [0.25, 0.3) is 5.91 Å². The van der Waals surface area contributed by atoms with E-state index in [0.717, 1.165) is 5.56 Å². The lowest BCUT2D eigenvalue weighted by Gasteiger charge is -2.01. The summed E-state index contributed by atoms with van der Waals surface area (Å²) in [6.45, 7) is 0. The lowest BCUT2D eigenvalue weighted by Crippen LogP contribution is -2.03. The zero-order chi connectivity index (χ0) is 14.3. The molecule has 1 amide bonds. The van der Waals surface area contributed by atoms with Crippen LogP contribution in [-0.4, -0.2) is 16.1 Å². The minimum atomic E-state index is -0.232. The minimum Gasteiger partial charge on any atom is -0.504 e. The molecule has 0 saturated heterocycles. The Morgan fingerprint density at radius 2 is 1.85 bits per heavy atom. The molecule has 0 saturated carbocycles. The molecule has 0 aromatic heterocycles. The second-order valence-corrected chi connectivity index (χ2v) is 4.89. The Labute approximate surface area is 119 Å². The van der Waals surface area contributed by atoms with Crippen LogP contribution in [0.25, 0.3) is 11.6 Å². The summed E-state index contributed by atoms with van der Waals surface area (Å²) in [6.07, 6.45) is 1.64. The minimum absolute atomic E-state index is 0.202. The monoisotopic (exact) mass is 287 g/mol. The van der Waals surface area contributed by atoms with E-state index in [2.05, 4.69) is 5.32 Å². The Morgan fingerprint density at radius 1 is 1.05 bits per heavy atom. The molecule has 0 atom stereocenters. The third-order valence-corrected chi connectivity index (χ3v) is 3.31. The van der Waals surface area contributed by atoms with E-state index in [-0.39, 0.29) is 17.4 Å². The van der Waals surface area contributed by atoms with Crippen molar-refractivity contribution in [2.75, 3.05) is 5.32 Å². The SMILES string of the molecule is O=C1Nc2ccc(Cl)cc2/C1=C\c1ccc(O)c(O)c1. The van der Waals surface area contributed by atoms with Crippen molar-refractivity contribution in [3.05, 3.63) is 52.5 Å². The van der Waals surface area contributed by atoms with E-state index in [1.54, 1.807) is 30.3 Å². The molecular formula is C15H10ClNO3. The zero-order valence-corrected chi connectivity index (χ0v) is 11.0. The first kappa shape index (κ1) is 12.6. The molecule has 100 valence electrons. The molecule has 0 spiro atoms. The van der Waals surface area contributed by atoms with Crippen LogP contribution in [0.4, 0.5) is 5.69 Å². The maximum atomic E-state index is 12.0. The van der Waals surface area contributed by atoms with Crippen molar-refractivity contribution in [1.29, 1.82) is 0 Å². The summed E-state index contributed by atoms with van der Waals surface area (Å²) >= 11 is 5.95. The van der Waals surface area contributed by atoms with Crippen LogP contribution in [-0.2, 0) is 4.79 Å². The molecular weight excluding hydrogens is 278 g/mol. The summed E-state index contributed by atoms with van der Waals surface area (Å²) in [5.41, 5.74) is 2.49. The molecule has 5 heteroatoms. The molecule has 20 heavy (non-hydrogen) atoms.